The number of hydrogen-bond donors (Lipinski definition) is 0. The van der Waals surface area contributed by atoms with Crippen molar-refractivity contribution >= 4 is 65.4 Å². The summed E-state index contributed by atoms with van der Waals surface area (Å²) < 4.78 is 7.02. The van der Waals surface area contributed by atoms with Crippen LogP contribution in [-0.2, 0) is 0 Å². The second kappa shape index (κ2) is 9.71. The van der Waals surface area contributed by atoms with E-state index in [0.29, 0.717) is 5.56 Å². The highest BCUT2D eigenvalue weighted by molar-refractivity contribution is 6.26. The largest absolute Gasteiger partial charge is 0.309 e. The Morgan fingerprint density at radius 3 is 1.64 bits per heavy atom. The molecule has 0 unspecified atom stereocenters. The van der Waals surface area contributed by atoms with Gasteiger partial charge in [0.05, 0.1) is 38.7 Å². The van der Waals surface area contributed by atoms with Crippen LogP contribution in [0.1, 0.15) is 5.56 Å². The Kier molecular flexibility index (Phi) is 5.32. The first kappa shape index (κ1) is 25.7. The van der Waals surface area contributed by atoms with Crippen LogP contribution >= 0.6 is 0 Å². The fourth-order valence-electron chi connectivity index (χ4n) is 7.76. The average molecular weight is 599 g/mol. The van der Waals surface area contributed by atoms with Crippen molar-refractivity contribution in [3.8, 4) is 23.1 Å². The van der Waals surface area contributed by atoms with Crippen molar-refractivity contribution < 1.29 is 0 Å². The number of nitriles is 1. The molecule has 0 fully saturated rings. The molecule has 0 amide bonds. The molecule has 10 rings (SSSR count). The lowest BCUT2D eigenvalue weighted by Crippen LogP contribution is -1.98. The molecule has 47 heavy (non-hydrogen) atoms. The Bertz CT molecular complexity index is 2900. The van der Waals surface area contributed by atoms with E-state index < -0.39 is 0 Å². The van der Waals surface area contributed by atoms with E-state index >= 15 is 0 Å². The molecule has 4 nitrogen and oxygen atoms in total. The molecule has 0 bridgehead atoms. The van der Waals surface area contributed by atoms with Crippen molar-refractivity contribution in [1.29, 1.82) is 5.26 Å². The molecule has 3 aromatic heterocycles. The molecule has 10 aromatic rings. The van der Waals surface area contributed by atoms with E-state index in [0.717, 1.165) is 55.4 Å². The van der Waals surface area contributed by atoms with Crippen molar-refractivity contribution in [1.82, 2.24) is 13.7 Å². The molecule has 218 valence electrons. The van der Waals surface area contributed by atoms with Gasteiger partial charge in [-0.3, -0.25) is 0 Å². The summed E-state index contributed by atoms with van der Waals surface area (Å²) in [6, 6.07) is 58.2. The first-order valence-corrected chi connectivity index (χ1v) is 15.9. The van der Waals surface area contributed by atoms with E-state index in [2.05, 4.69) is 165 Å². The summed E-state index contributed by atoms with van der Waals surface area (Å²) in [6.07, 6.45) is 0. The molecule has 0 saturated heterocycles. The third kappa shape index (κ3) is 3.51. The van der Waals surface area contributed by atoms with Gasteiger partial charge in [-0.1, -0.05) is 97.1 Å². The molecule has 4 heteroatoms. The predicted molar refractivity (Wildman–Crippen MR) is 194 cm³/mol. The zero-order valence-corrected chi connectivity index (χ0v) is 25.3. The van der Waals surface area contributed by atoms with Gasteiger partial charge >= 0.3 is 0 Å². The van der Waals surface area contributed by atoms with Gasteiger partial charge in [0.15, 0.2) is 0 Å². The van der Waals surface area contributed by atoms with E-state index in [9.17, 15) is 5.26 Å². The highest BCUT2D eigenvalue weighted by atomic mass is 15.0. The summed E-state index contributed by atoms with van der Waals surface area (Å²) >= 11 is 0. The third-order valence-corrected chi connectivity index (χ3v) is 9.65. The van der Waals surface area contributed by atoms with E-state index in [1.807, 2.05) is 12.1 Å². The molecule has 0 aliphatic carbocycles. The molecule has 0 radical (unpaired) electrons. The normalized spacial score (nSPS) is 11.8. The molecule has 0 aliphatic heterocycles. The lowest BCUT2D eigenvalue weighted by atomic mass is 10.1. The first-order chi connectivity index (χ1) is 23.3. The molecule has 0 saturated carbocycles. The number of aromatic nitrogens is 3. The standard InChI is InChI=1S/C43H26N4/c44-27-28-12-11-19-36-41-39(25-24-35-33-18-8-10-21-38(33)46(43(35)41)30-15-5-2-6-16-30)47(42(28)36)31-22-23-34-32-17-7-9-20-37(32)45(40(34)26-31)29-13-3-1-4-14-29/h1-26H. The lowest BCUT2D eigenvalue weighted by molar-refractivity contribution is 1.15. The van der Waals surface area contributed by atoms with Gasteiger partial charge in [-0.2, -0.15) is 5.26 Å². The fourth-order valence-corrected chi connectivity index (χ4v) is 7.76. The van der Waals surface area contributed by atoms with Crippen LogP contribution in [-0.4, -0.2) is 13.7 Å². The molecule has 3 heterocycles. The van der Waals surface area contributed by atoms with Gasteiger partial charge in [0.2, 0.25) is 0 Å². The number of benzene rings is 7. The highest BCUT2D eigenvalue weighted by Crippen LogP contribution is 2.43. The summed E-state index contributed by atoms with van der Waals surface area (Å²) in [5.41, 5.74) is 10.5. The van der Waals surface area contributed by atoms with E-state index in [-0.39, 0.29) is 0 Å². The predicted octanol–water partition coefficient (Wildman–Crippen LogP) is 10.8. The van der Waals surface area contributed by atoms with Crippen molar-refractivity contribution in [2.75, 3.05) is 0 Å². The van der Waals surface area contributed by atoms with Crippen LogP contribution in [0, 0.1) is 11.3 Å². The number of nitrogens with zero attached hydrogens (tertiary/aromatic N) is 4. The van der Waals surface area contributed by atoms with Gasteiger partial charge in [-0.05, 0) is 60.7 Å². The molecule has 7 aromatic carbocycles. The van der Waals surface area contributed by atoms with Crippen LogP contribution in [0.25, 0.3) is 82.5 Å². The topological polar surface area (TPSA) is 38.6 Å². The minimum Gasteiger partial charge on any atom is -0.309 e. The molecular weight excluding hydrogens is 573 g/mol. The van der Waals surface area contributed by atoms with Crippen LogP contribution in [0.4, 0.5) is 0 Å². The number of para-hydroxylation sites is 5. The zero-order valence-electron chi connectivity index (χ0n) is 25.3. The summed E-state index contributed by atoms with van der Waals surface area (Å²) in [4.78, 5) is 0. The van der Waals surface area contributed by atoms with Gasteiger partial charge in [0, 0.05) is 49.4 Å². The van der Waals surface area contributed by atoms with Crippen LogP contribution in [0.3, 0.4) is 0 Å². The quantitative estimate of drug-likeness (QED) is 0.199. The van der Waals surface area contributed by atoms with Crippen molar-refractivity contribution in [2.24, 2.45) is 0 Å². The minimum absolute atomic E-state index is 0.651. The van der Waals surface area contributed by atoms with Crippen molar-refractivity contribution in [2.45, 2.75) is 0 Å². The number of hydrogen-bond acceptors (Lipinski definition) is 1. The van der Waals surface area contributed by atoms with Crippen molar-refractivity contribution in [3.63, 3.8) is 0 Å². The van der Waals surface area contributed by atoms with E-state index in [1.54, 1.807) is 0 Å². The fraction of sp³-hybridized carbons (Fsp3) is 0. The van der Waals surface area contributed by atoms with Gasteiger partial charge in [0.1, 0.15) is 6.07 Å². The average Bonchev–Trinajstić information content (AvgIpc) is 3.77. The summed E-state index contributed by atoms with van der Waals surface area (Å²) in [5, 5.41) is 17.5. The van der Waals surface area contributed by atoms with E-state index in [4.69, 9.17) is 0 Å². The van der Waals surface area contributed by atoms with Gasteiger partial charge in [-0.25, -0.2) is 0 Å². The van der Waals surface area contributed by atoms with Crippen molar-refractivity contribution in [3.05, 3.63) is 163 Å². The maximum atomic E-state index is 10.5. The van der Waals surface area contributed by atoms with Gasteiger partial charge < -0.3 is 13.7 Å². The molecular formula is C43H26N4. The Labute approximate surface area is 270 Å². The SMILES string of the molecule is N#Cc1cccc2c3c(ccc4c5ccccc5n(-c5ccccc5)c43)n(-c3ccc4c5ccccc5n(-c5ccccc5)c4c3)c12. The summed E-state index contributed by atoms with van der Waals surface area (Å²) in [5.74, 6) is 0. The maximum Gasteiger partial charge on any atom is 0.101 e. The Balaban J connectivity index is 1.39. The molecule has 0 atom stereocenters. The van der Waals surface area contributed by atoms with Crippen LogP contribution in [0.5, 0.6) is 0 Å². The van der Waals surface area contributed by atoms with Crippen LogP contribution in [0.2, 0.25) is 0 Å². The first-order valence-electron chi connectivity index (χ1n) is 15.9. The highest BCUT2D eigenvalue weighted by Gasteiger charge is 2.23. The Hall–Kier alpha value is -6.57. The second-order valence-electron chi connectivity index (χ2n) is 12.1. The summed E-state index contributed by atoms with van der Waals surface area (Å²) in [7, 11) is 0. The number of rotatable bonds is 3. The van der Waals surface area contributed by atoms with E-state index in [1.165, 1.54) is 27.1 Å². The second-order valence-corrected chi connectivity index (χ2v) is 12.1. The maximum absolute atomic E-state index is 10.5. The molecule has 0 aliphatic rings. The zero-order chi connectivity index (χ0) is 31.1. The third-order valence-electron chi connectivity index (χ3n) is 9.65. The van der Waals surface area contributed by atoms with Crippen LogP contribution < -0.4 is 0 Å². The van der Waals surface area contributed by atoms with Gasteiger partial charge in [-0.15, -0.1) is 0 Å². The van der Waals surface area contributed by atoms with Crippen LogP contribution in [0.15, 0.2) is 158 Å². The lowest BCUT2D eigenvalue weighted by Gasteiger charge is -2.12. The molecule has 0 spiro atoms. The summed E-state index contributed by atoms with van der Waals surface area (Å²) in [6.45, 7) is 0. The smallest absolute Gasteiger partial charge is 0.101 e. The molecule has 0 N–H and O–H groups in total. The van der Waals surface area contributed by atoms with Gasteiger partial charge in [0.25, 0.3) is 0 Å². The Morgan fingerprint density at radius 1 is 0.362 bits per heavy atom. The monoisotopic (exact) mass is 598 g/mol. The minimum atomic E-state index is 0.651. The Morgan fingerprint density at radius 2 is 0.915 bits per heavy atom. The number of fused-ring (bicyclic) bond motifs is 10.